The average molecular weight is 267 g/mol. The number of aliphatic hydroxyl groups is 1. The summed E-state index contributed by atoms with van der Waals surface area (Å²) in [6, 6.07) is 1.39. The lowest BCUT2D eigenvalue weighted by atomic mass is 9.79. The van der Waals surface area contributed by atoms with Crippen LogP contribution in [0.25, 0.3) is 0 Å². The molecule has 3 fully saturated rings. The first-order valence-corrected chi connectivity index (χ1v) is 8.08. The Morgan fingerprint density at radius 2 is 1.74 bits per heavy atom. The van der Waals surface area contributed by atoms with Crippen molar-refractivity contribution in [1.29, 1.82) is 0 Å². The van der Waals surface area contributed by atoms with Gasteiger partial charge in [-0.3, -0.25) is 9.80 Å². The van der Waals surface area contributed by atoms with E-state index in [-0.39, 0.29) is 12.1 Å². The molecule has 110 valence electrons. The fraction of sp³-hybridized carbons (Fsp3) is 1.00. The van der Waals surface area contributed by atoms with Gasteiger partial charge in [-0.2, -0.15) is 0 Å². The predicted octanol–water partition coefficient (Wildman–Crippen LogP) is 0.789. The molecule has 0 spiro atoms. The molecule has 4 nitrogen and oxygen atoms in total. The van der Waals surface area contributed by atoms with E-state index in [1.54, 1.807) is 0 Å². The van der Waals surface area contributed by atoms with E-state index in [2.05, 4.69) is 9.80 Å². The number of hydrogen-bond donors (Lipinski definition) is 2. The molecule has 0 amide bonds. The maximum atomic E-state index is 9.52. The molecule has 0 aromatic rings. The highest BCUT2D eigenvalue weighted by Crippen LogP contribution is 2.31. The van der Waals surface area contributed by atoms with Crippen molar-refractivity contribution in [1.82, 2.24) is 9.80 Å². The fourth-order valence-corrected chi connectivity index (χ4v) is 4.39. The van der Waals surface area contributed by atoms with Gasteiger partial charge >= 0.3 is 0 Å². The first kappa shape index (κ1) is 13.8. The molecule has 0 aromatic heterocycles. The van der Waals surface area contributed by atoms with Crippen LogP contribution in [0.15, 0.2) is 0 Å². The summed E-state index contributed by atoms with van der Waals surface area (Å²) in [5, 5.41) is 9.52. The van der Waals surface area contributed by atoms with Crippen LogP contribution in [-0.4, -0.2) is 65.3 Å². The lowest BCUT2D eigenvalue weighted by Gasteiger charge is -2.42. The largest absolute Gasteiger partial charge is 0.394 e. The standard InChI is InChI=1S/C15H29N3O/c16-15(12-19)6-1-4-13(10-15)18-9-3-8-17-7-2-5-14(17)11-18/h13-14,19H,1-12,16H2. The number of nitrogens with two attached hydrogens (primary N) is 1. The van der Waals surface area contributed by atoms with Gasteiger partial charge in [0.15, 0.2) is 0 Å². The van der Waals surface area contributed by atoms with Crippen LogP contribution in [0, 0.1) is 0 Å². The summed E-state index contributed by atoms with van der Waals surface area (Å²) >= 11 is 0. The van der Waals surface area contributed by atoms with Crippen LogP contribution in [0.2, 0.25) is 0 Å². The fourth-order valence-electron chi connectivity index (χ4n) is 4.39. The highest BCUT2D eigenvalue weighted by Gasteiger charge is 2.37. The van der Waals surface area contributed by atoms with Crippen molar-refractivity contribution in [3.8, 4) is 0 Å². The summed E-state index contributed by atoms with van der Waals surface area (Å²) in [6.07, 6.45) is 8.46. The van der Waals surface area contributed by atoms with E-state index < -0.39 is 0 Å². The molecule has 2 saturated heterocycles. The Morgan fingerprint density at radius 1 is 1.00 bits per heavy atom. The van der Waals surface area contributed by atoms with E-state index in [0.29, 0.717) is 6.04 Å². The second-order valence-electron chi connectivity index (χ2n) is 6.95. The van der Waals surface area contributed by atoms with E-state index in [4.69, 9.17) is 5.73 Å². The molecular weight excluding hydrogens is 238 g/mol. The summed E-state index contributed by atoms with van der Waals surface area (Å²) in [6.45, 7) is 5.18. The zero-order chi connectivity index (χ0) is 13.3. The Bertz CT molecular complexity index is 312. The maximum absolute atomic E-state index is 9.52. The first-order valence-electron chi connectivity index (χ1n) is 8.08. The smallest absolute Gasteiger partial charge is 0.0611 e. The second kappa shape index (κ2) is 5.68. The molecule has 0 radical (unpaired) electrons. The average Bonchev–Trinajstić information content (AvgIpc) is 2.76. The zero-order valence-electron chi connectivity index (χ0n) is 12.1. The van der Waals surface area contributed by atoms with E-state index in [9.17, 15) is 5.11 Å². The maximum Gasteiger partial charge on any atom is 0.0611 e. The predicted molar refractivity (Wildman–Crippen MR) is 77.0 cm³/mol. The summed E-state index contributed by atoms with van der Waals surface area (Å²) in [5.41, 5.74) is 6.00. The van der Waals surface area contributed by atoms with Crippen molar-refractivity contribution in [2.24, 2.45) is 5.73 Å². The molecule has 4 heteroatoms. The third-order valence-electron chi connectivity index (χ3n) is 5.52. The molecular formula is C15H29N3O. The van der Waals surface area contributed by atoms with Gasteiger partial charge in [0.2, 0.25) is 0 Å². The number of fused-ring (bicyclic) bond motifs is 1. The Kier molecular flexibility index (Phi) is 4.13. The van der Waals surface area contributed by atoms with Gasteiger partial charge in [-0.1, -0.05) is 0 Å². The summed E-state index contributed by atoms with van der Waals surface area (Å²) in [5.74, 6) is 0. The van der Waals surface area contributed by atoms with Crippen molar-refractivity contribution in [2.75, 3.05) is 32.8 Å². The van der Waals surface area contributed by atoms with Gasteiger partial charge in [0, 0.05) is 24.2 Å². The van der Waals surface area contributed by atoms with Crippen LogP contribution in [0.3, 0.4) is 0 Å². The number of aliphatic hydroxyl groups excluding tert-OH is 1. The molecule has 0 bridgehead atoms. The number of hydrogen-bond acceptors (Lipinski definition) is 4. The lowest BCUT2D eigenvalue weighted by Crippen LogP contribution is -2.54. The Labute approximate surface area is 116 Å². The van der Waals surface area contributed by atoms with Crippen molar-refractivity contribution in [2.45, 2.75) is 62.6 Å². The molecule has 3 aliphatic rings. The molecule has 19 heavy (non-hydrogen) atoms. The van der Waals surface area contributed by atoms with Gasteiger partial charge in [-0.05, 0) is 64.6 Å². The Balaban J connectivity index is 1.64. The molecule has 1 saturated carbocycles. The molecule has 2 aliphatic heterocycles. The van der Waals surface area contributed by atoms with Crippen LogP contribution in [0.4, 0.5) is 0 Å². The summed E-state index contributed by atoms with van der Waals surface area (Å²) < 4.78 is 0. The van der Waals surface area contributed by atoms with Crippen LogP contribution in [0.1, 0.15) is 44.9 Å². The normalized spacial score (nSPS) is 42.0. The number of nitrogens with zero attached hydrogens (tertiary/aromatic N) is 2. The van der Waals surface area contributed by atoms with Crippen molar-refractivity contribution in [3.05, 3.63) is 0 Å². The molecule has 0 aromatic carbocycles. The lowest BCUT2D eigenvalue weighted by molar-refractivity contribution is 0.0766. The number of rotatable bonds is 2. The molecule has 3 unspecified atom stereocenters. The topological polar surface area (TPSA) is 52.7 Å². The minimum atomic E-state index is -0.315. The van der Waals surface area contributed by atoms with Gasteiger partial charge in [-0.15, -0.1) is 0 Å². The monoisotopic (exact) mass is 267 g/mol. The van der Waals surface area contributed by atoms with Crippen LogP contribution in [-0.2, 0) is 0 Å². The molecule has 3 N–H and O–H groups in total. The van der Waals surface area contributed by atoms with Gasteiger partial charge in [0.05, 0.1) is 6.61 Å². The Morgan fingerprint density at radius 3 is 2.58 bits per heavy atom. The van der Waals surface area contributed by atoms with E-state index in [1.165, 1.54) is 58.3 Å². The third kappa shape index (κ3) is 2.97. The van der Waals surface area contributed by atoms with E-state index >= 15 is 0 Å². The first-order chi connectivity index (χ1) is 9.20. The van der Waals surface area contributed by atoms with Crippen molar-refractivity contribution in [3.63, 3.8) is 0 Å². The zero-order valence-corrected chi connectivity index (χ0v) is 12.1. The van der Waals surface area contributed by atoms with Gasteiger partial charge in [-0.25, -0.2) is 0 Å². The van der Waals surface area contributed by atoms with E-state index in [0.717, 1.165) is 18.9 Å². The molecule has 3 atom stereocenters. The summed E-state index contributed by atoms with van der Waals surface area (Å²) in [4.78, 5) is 5.37. The van der Waals surface area contributed by atoms with Crippen LogP contribution >= 0.6 is 0 Å². The molecule has 2 heterocycles. The van der Waals surface area contributed by atoms with Crippen molar-refractivity contribution >= 4 is 0 Å². The minimum Gasteiger partial charge on any atom is -0.394 e. The highest BCUT2D eigenvalue weighted by molar-refractivity contribution is 4.96. The minimum absolute atomic E-state index is 0.146. The van der Waals surface area contributed by atoms with E-state index in [1.807, 2.05) is 0 Å². The van der Waals surface area contributed by atoms with Gasteiger partial charge in [0.25, 0.3) is 0 Å². The van der Waals surface area contributed by atoms with Crippen LogP contribution < -0.4 is 5.73 Å². The Hall–Kier alpha value is -0.160. The summed E-state index contributed by atoms with van der Waals surface area (Å²) in [7, 11) is 0. The quantitative estimate of drug-likeness (QED) is 0.777. The highest BCUT2D eigenvalue weighted by atomic mass is 16.3. The molecule has 1 aliphatic carbocycles. The van der Waals surface area contributed by atoms with Crippen LogP contribution in [0.5, 0.6) is 0 Å². The molecule has 3 rings (SSSR count). The van der Waals surface area contributed by atoms with Crippen molar-refractivity contribution < 1.29 is 5.11 Å². The van der Waals surface area contributed by atoms with Gasteiger partial charge < -0.3 is 10.8 Å². The second-order valence-corrected chi connectivity index (χ2v) is 6.95. The third-order valence-corrected chi connectivity index (χ3v) is 5.52. The van der Waals surface area contributed by atoms with Gasteiger partial charge in [0.1, 0.15) is 0 Å². The SMILES string of the molecule is NC1(CO)CCCC(N2CCCN3CCCC3C2)C1.